The number of benzene rings is 1. The molecule has 0 aliphatic rings. The molecule has 0 fully saturated rings. The second kappa shape index (κ2) is 5.73. The van der Waals surface area contributed by atoms with E-state index >= 15 is 0 Å². The maximum atomic E-state index is 12.0. The number of hydrogen-bond acceptors (Lipinski definition) is 2. The molecule has 1 aromatic carbocycles. The molecule has 2 nitrogen and oxygen atoms in total. The molecule has 0 heterocycles. The first-order valence-electron chi connectivity index (χ1n) is 5.07. The molecule has 96 valence electrons. The predicted octanol–water partition coefficient (Wildman–Crippen LogP) is 3.42. The van der Waals surface area contributed by atoms with Crippen LogP contribution in [0.5, 0.6) is 0 Å². The van der Waals surface area contributed by atoms with Crippen LogP contribution in [-0.4, -0.2) is 24.7 Å². The van der Waals surface area contributed by atoms with E-state index in [1.165, 1.54) is 0 Å². The summed E-state index contributed by atoms with van der Waals surface area (Å²) in [6.45, 7) is 0.409. The van der Waals surface area contributed by atoms with Crippen LogP contribution in [0.25, 0.3) is 0 Å². The number of nitrogen functional groups attached to an aromatic ring is 1. The van der Waals surface area contributed by atoms with Gasteiger partial charge in [0, 0.05) is 23.2 Å². The average molecular weight is 311 g/mol. The molecule has 0 aliphatic carbocycles. The molecule has 0 radical (unpaired) electrons. The lowest BCUT2D eigenvalue weighted by Gasteiger charge is -2.18. The van der Waals surface area contributed by atoms with Gasteiger partial charge in [-0.1, -0.05) is 15.9 Å². The number of anilines is 1. The zero-order chi connectivity index (χ0) is 13.1. The molecule has 0 saturated carbocycles. The molecule has 0 aliphatic heterocycles. The van der Waals surface area contributed by atoms with Gasteiger partial charge in [-0.15, -0.1) is 0 Å². The molecule has 0 atom stereocenters. The first kappa shape index (κ1) is 14.3. The third-order valence-electron chi connectivity index (χ3n) is 2.29. The number of hydrogen-bond donors (Lipinski definition) is 1. The van der Waals surface area contributed by atoms with E-state index in [-0.39, 0.29) is 6.54 Å². The molecular formula is C11H14BrF3N2. The number of alkyl halides is 3. The Kier molecular flexibility index (Phi) is 4.82. The second-order valence-electron chi connectivity index (χ2n) is 3.95. The van der Waals surface area contributed by atoms with Crippen molar-refractivity contribution in [1.29, 1.82) is 0 Å². The highest BCUT2D eigenvalue weighted by atomic mass is 79.9. The minimum absolute atomic E-state index is 0.0231. The molecule has 0 spiro atoms. The molecular weight excluding hydrogens is 297 g/mol. The Morgan fingerprint density at radius 3 is 2.59 bits per heavy atom. The molecule has 0 saturated heterocycles. The summed E-state index contributed by atoms with van der Waals surface area (Å²) >= 11 is 3.35. The SMILES string of the molecule is CN(CCC(F)(F)F)Cc1cc(N)ccc1Br. The summed E-state index contributed by atoms with van der Waals surface area (Å²) in [5.41, 5.74) is 7.12. The van der Waals surface area contributed by atoms with Crippen LogP contribution >= 0.6 is 15.9 Å². The first-order valence-corrected chi connectivity index (χ1v) is 5.86. The Bertz CT molecular complexity index is 379. The number of halogens is 4. The Balaban J connectivity index is 2.56. The molecule has 17 heavy (non-hydrogen) atoms. The van der Waals surface area contributed by atoms with Crippen molar-refractivity contribution in [2.45, 2.75) is 19.1 Å². The van der Waals surface area contributed by atoms with E-state index in [0.717, 1.165) is 10.0 Å². The highest BCUT2D eigenvalue weighted by Crippen LogP contribution is 2.23. The summed E-state index contributed by atoms with van der Waals surface area (Å²) < 4.78 is 37.0. The summed E-state index contributed by atoms with van der Waals surface area (Å²) in [5.74, 6) is 0. The van der Waals surface area contributed by atoms with E-state index < -0.39 is 12.6 Å². The van der Waals surface area contributed by atoms with Gasteiger partial charge in [0.2, 0.25) is 0 Å². The Morgan fingerprint density at radius 2 is 2.00 bits per heavy atom. The predicted molar refractivity (Wildman–Crippen MR) is 65.6 cm³/mol. The van der Waals surface area contributed by atoms with Crippen molar-refractivity contribution in [3.63, 3.8) is 0 Å². The monoisotopic (exact) mass is 310 g/mol. The van der Waals surface area contributed by atoms with Gasteiger partial charge in [-0.25, -0.2) is 0 Å². The Hall–Kier alpha value is -0.750. The normalized spacial score (nSPS) is 12.1. The van der Waals surface area contributed by atoms with E-state index in [9.17, 15) is 13.2 Å². The zero-order valence-electron chi connectivity index (χ0n) is 9.39. The van der Waals surface area contributed by atoms with Crippen molar-refractivity contribution in [2.75, 3.05) is 19.3 Å². The molecule has 0 bridgehead atoms. The van der Waals surface area contributed by atoms with Crippen molar-refractivity contribution in [3.05, 3.63) is 28.2 Å². The van der Waals surface area contributed by atoms with Gasteiger partial charge in [0.1, 0.15) is 0 Å². The van der Waals surface area contributed by atoms with Gasteiger partial charge in [-0.3, -0.25) is 0 Å². The third-order valence-corrected chi connectivity index (χ3v) is 3.06. The van der Waals surface area contributed by atoms with Crippen LogP contribution in [0.2, 0.25) is 0 Å². The molecule has 6 heteroatoms. The van der Waals surface area contributed by atoms with Crippen LogP contribution < -0.4 is 5.73 Å². The maximum absolute atomic E-state index is 12.0. The van der Waals surface area contributed by atoms with Crippen LogP contribution in [0.3, 0.4) is 0 Å². The fourth-order valence-corrected chi connectivity index (χ4v) is 1.78. The Labute approximate surface area is 107 Å². The molecule has 0 unspecified atom stereocenters. The number of rotatable bonds is 4. The maximum Gasteiger partial charge on any atom is 0.390 e. The third kappa shape index (κ3) is 5.41. The molecule has 0 amide bonds. The molecule has 1 aromatic rings. The lowest BCUT2D eigenvalue weighted by atomic mass is 10.2. The summed E-state index contributed by atoms with van der Waals surface area (Å²) in [4.78, 5) is 1.62. The van der Waals surface area contributed by atoms with Gasteiger partial charge in [0.05, 0.1) is 6.42 Å². The van der Waals surface area contributed by atoms with Crippen LogP contribution in [0.4, 0.5) is 18.9 Å². The second-order valence-corrected chi connectivity index (χ2v) is 4.81. The average Bonchev–Trinajstić information content (AvgIpc) is 2.20. The highest BCUT2D eigenvalue weighted by molar-refractivity contribution is 9.10. The van der Waals surface area contributed by atoms with Gasteiger partial charge in [0.25, 0.3) is 0 Å². The van der Waals surface area contributed by atoms with Gasteiger partial charge in [-0.05, 0) is 30.8 Å². The van der Waals surface area contributed by atoms with E-state index in [1.807, 2.05) is 0 Å². The van der Waals surface area contributed by atoms with E-state index in [1.54, 1.807) is 30.1 Å². The lowest BCUT2D eigenvalue weighted by molar-refractivity contribution is -0.137. The van der Waals surface area contributed by atoms with Gasteiger partial charge in [0.15, 0.2) is 0 Å². The van der Waals surface area contributed by atoms with E-state index in [4.69, 9.17) is 5.73 Å². The van der Waals surface area contributed by atoms with Gasteiger partial charge < -0.3 is 10.6 Å². The van der Waals surface area contributed by atoms with Crippen molar-refractivity contribution in [3.8, 4) is 0 Å². The quantitative estimate of drug-likeness (QED) is 0.864. The van der Waals surface area contributed by atoms with Crippen molar-refractivity contribution in [2.24, 2.45) is 0 Å². The van der Waals surface area contributed by atoms with Crippen LogP contribution in [-0.2, 0) is 6.54 Å². The van der Waals surface area contributed by atoms with Crippen molar-refractivity contribution < 1.29 is 13.2 Å². The standard InChI is InChI=1S/C11H14BrF3N2/c1-17(5-4-11(13,14)15)7-8-6-9(16)2-3-10(8)12/h2-3,6H,4-5,7,16H2,1H3. The van der Waals surface area contributed by atoms with Gasteiger partial charge in [-0.2, -0.15) is 13.2 Å². The minimum atomic E-state index is -4.11. The summed E-state index contributed by atoms with van der Waals surface area (Å²) in [6, 6.07) is 5.29. The number of nitrogens with two attached hydrogens (primary N) is 1. The molecule has 0 aromatic heterocycles. The summed E-state index contributed by atoms with van der Waals surface area (Å²) in [5, 5.41) is 0. The van der Waals surface area contributed by atoms with Crippen LogP contribution in [0.1, 0.15) is 12.0 Å². The minimum Gasteiger partial charge on any atom is -0.399 e. The first-order chi connectivity index (χ1) is 7.78. The number of nitrogens with zero attached hydrogens (tertiary/aromatic N) is 1. The largest absolute Gasteiger partial charge is 0.399 e. The topological polar surface area (TPSA) is 29.3 Å². The van der Waals surface area contributed by atoms with E-state index in [2.05, 4.69) is 15.9 Å². The van der Waals surface area contributed by atoms with Crippen LogP contribution in [0.15, 0.2) is 22.7 Å². The molecule has 2 N–H and O–H groups in total. The summed E-state index contributed by atoms with van der Waals surface area (Å²) in [6.07, 6.45) is -4.91. The zero-order valence-corrected chi connectivity index (χ0v) is 11.0. The van der Waals surface area contributed by atoms with E-state index in [0.29, 0.717) is 12.2 Å². The van der Waals surface area contributed by atoms with Crippen molar-refractivity contribution >= 4 is 21.6 Å². The van der Waals surface area contributed by atoms with Gasteiger partial charge >= 0.3 is 6.18 Å². The Morgan fingerprint density at radius 1 is 1.35 bits per heavy atom. The van der Waals surface area contributed by atoms with Crippen LogP contribution in [0, 0.1) is 0 Å². The summed E-state index contributed by atoms with van der Waals surface area (Å²) in [7, 11) is 1.65. The smallest absolute Gasteiger partial charge is 0.390 e. The molecule has 1 rings (SSSR count). The fourth-order valence-electron chi connectivity index (χ4n) is 1.40. The highest BCUT2D eigenvalue weighted by Gasteiger charge is 2.27. The fraction of sp³-hybridized carbons (Fsp3) is 0.455. The van der Waals surface area contributed by atoms with Crippen molar-refractivity contribution in [1.82, 2.24) is 4.90 Å². The lowest BCUT2D eigenvalue weighted by Crippen LogP contribution is -2.24.